The van der Waals surface area contributed by atoms with Crippen molar-refractivity contribution in [2.24, 2.45) is 0 Å². The largest absolute Gasteiger partial charge is 0.494 e. The molecule has 1 aromatic carbocycles. The van der Waals surface area contributed by atoms with Gasteiger partial charge in [-0.15, -0.1) is 0 Å². The second-order valence-electron chi connectivity index (χ2n) is 8.64. The number of anilines is 2. The number of aryl methyl sites for hydroxylation is 2. The number of hydrogen-bond donors (Lipinski definition) is 2. The molecule has 0 saturated heterocycles. The fourth-order valence-corrected chi connectivity index (χ4v) is 4.36. The minimum Gasteiger partial charge on any atom is -0.494 e. The maximum atomic E-state index is 15.5. The summed E-state index contributed by atoms with van der Waals surface area (Å²) >= 11 is 0. The summed E-state index contributed by atoms with van der Waals surface area (Å²) in [5.41, 5.74) is 10.7. The summed E-state index contributed by atoms with van der Waals surface area (Å²) in [7, 11) is 1.49. The van der Waals surface area contributed by atoms with Gasteiger partial charge in [0.05, 0.1) is 30.2 Å². The number of aromatic nitrogens is 6. The van der Waals surface area contributed by atoms with E-state index in [2.05, 4.69) is 36.8 Å². The molecule has 40 heavy (non-hydrogen) atoms. The van der Waals surface area contributed by atoms with Gasteiger partial charge in [-0.1, -0.05) is 13.5 Å². The van der Waals surface area contributed by atoms with Gasteiger partial charge in [-0.3, -0.25) is 4.79 Å². The minimum absolute atomic E-state index is 0.0299. The zero-order chi connectivity index (χ0) is 28.4. The first kappa shape index (κ1) is 26.2. The lowest BCUT2D eigenvalue weighted by Crippen LogP contribution is -2.09. The summed E-state index contributed by atoms with van der Waals surface area (Å²) in [6.45, 7) is 7.22. The number of benzene rings is 1. The highest BCUT2D eigenvalue weighted by Crippen LogP contribution is 2.41. The Bertz CT molecular complexity index is 1770. The maximum absolute atomic E-state index is 15.5. The number of ether oxygens (including phenoxy) is 2. The molecule has 0 aliphatic rings. The van der Waals surface area contributed by atoms with Crippen molar-refractivity contribution >= 4 is 28.4 Å². The third-order valence-electron chi connectivity index (χ3n) is 6.12. The van der Waals surface area contributed by atoms with Gasteiger partial charge in [0.2, 0.25) is 5.91 Å². The van der Waals surface area contributed by atoms with Crippen LogP contribution in [0.4, 0.5) is 15.9 Å². The van der Waals surface area contributed by atoms with Gasteiger partial charge in [0.25, 0.3) is 0 Å². The van der Waals surface area contributed by atoms with Crippen molar-refractivity contribution in [3.05, 3.63) is 78.8 Å². The zero-order valence-corrected chi connectivity index (χ0v) is 22.0. The number of carbonyl (C=O) groups excluding carboxylic acids is 1. The first-order chi connectivity index (χ1) is 19.3. The third kappa shape index (κ3) is 4.77. The molecule has 3 N–H and O–H groups in total. The van der Waals surface area contributed by atoms with Crippen LogP contribution < -0.4 is 20.5 Å². The molecule has 0 unspecified atom stereocenters. The number of fused-ring (bicyclic) bond motifs is 1. The summed E-state index contributed by atoms with van der Waals surface area (Å²) in [5, 5.41) is 2.67. The third-order valence-corrected chi connectivity index (χ3v) is 6.12. The number of carbonyl (C=O) groups is 1. The van der Waals surface area contributed by atoms with Crippen molar-refractivity contribution in [3.63, 3.8) is 0 Å². The molecule has 11 nitrogen and oxygen atoms in total. The van der Waals surface area contributed by atoms with Gasteiger partial charge < -0.3 is 25.1 Å². The number of nitrogens with one attached hydrogen (secondary N) is 1. The van der Waals surface area contributed by atoms with Crippen molar-refractivity contribution in [1.82, 2.24) is 29.5 Å². The standard InChI is InChI=1S/C28H25FN8O3/c1-5-18-23-26(27(30)34-14-33-23)37(25(18)24-21(39-4)11-16(13-32-24)36-22(38)6-2)17-7-8-20(19(29)12-17)40-28-31-10-9-15(3)35-28/h6-14H,2,5H2,1,3-4H3,(H,36,38)(H2,30,33,34). The SMILES string of the molecule is C=CC(=O)Nc1cnc(-c2c(CC)c3ncnc(N)c3n2-c2ccc(Oc3nccc(C)n3)c(F)c2)c(OC)c1. The van der Waals surface area contributed by atoms with Crippen LogP contribution >= 0.6 is 0 Å². The zero-order valence-electron chi connectivity index (χ0n) is 22.0. The van der Waals surface area contributed by atoms with Gasteiger partial charge in [-0.05, 0) is 37.6 Å². The topological polar surface area (TPSA) is 143 Å². The molecule has 0 atom stereocenters. The smallest absolute Gasteiger partial charge is 0.322 e. The van der Waals surface area contributed by atoms with E-state index in [1.165, 1.54) is 38.0 Å². The van der Waals surface area contributed by atoms with Gasteiger partial charge in [0, 0.05) is 35.3 Å². The maximum Gasteiger partial charge on any atom is 0.322 e. The molecule has 0 fully saturated rings. The lowest BCUT2D eigenvalue weighted by Gasteiger charge is -2.16. The van der Waals surface area contributed by atoms with E-state index in [0.29, 0.717) is 51.7 Å². The van der Waals surface area contributed by atoms with E-state index in [1.807, 2.05) is 6.92 Å². The molecule has 0 saturated carbocycles. The molecule has 0 aliphatic carbocycles. The Balaban J connectivity index is 1.71. The Morgan fingerprint density at radius 2 is 2.00 bits per heavy atom. The second-order valence-corrected chi connectivity index (χ2v) is 8.64. The van der Waals surface area contributed by atoms with Crippen LogP contribution in [0.1, 0.15) is 18.2 Å². The predicted molar refractivity (Wildman–Crippen MR) is 148 cm³/mol. The molecule has 5 rings (SSSR count). The van der Waals surface area contributed by atoms with Gasteiger partial charge >= 0.3 is 6.01 Å². The van der Waals surface area contributed by atoms with Crippen LogP contribution in [-0.4, -0.2) is 42.5 Å². The van der Waals surface area contributed by atoms with Crippen LogP contribution in [-0.2, 0) is 11.2 Å². The fraction of sp³-hybridized carbons (Fsp3) is 0.143. The number of rotatable bonds is 8. The van der Waals surface area contributed by atoms with Crippen LogP contribution in [0.3, 0.4) is 0 Å². The van der Waals surface area contributed by atoms with Crippen molar-refractivity contribution in [2.45, 2.75) is 20.3 Å². The first-order valence-electron chi connectivity index (χ1n) is 12.2. The lowest BCUT2D eigenvalue weighted by atomic mass is 10.1. The van der Waals surface area contributed by atoms with Crippen LogP contribution in [0.5, 0.6) is 17.5 Å². The predicted octanol–water partition coefficient (Wildman–Crippen LogP) is 4.79. The normalized spacial score (nSPS) is 10.9. The molecule has 5 aromatic rings. The Hall–Kier alpha value is -5.39. The molecule has 0 aliphatic heterocycles. The number of halogens is 1. The number of pyridine rings is 1. The van der Waals surface area contributed by atoms with Crippen LogP contribution in [0, 0.1) is 12.7 Å². The van der Waals surface area contributed by atoms with Gasteiger partial charge in [-0.2, -0.15) is 0 Å². The molecule has 12 heteroatoms. The summed E-state index contributed by atoms with van der Waals surface area (Å²) in [5.74, 6) is -0.522. The Morgan fingerprint density at radius 3 is 2.70 bits per heavy atom. The highest BCUT2D eigenvalue weighted by atomic mass is 19.1. The average Bonchev–Trinajstić information content (AvgIpc) is 3.29. The highest BCUT2D eigenvalue weighted by molar-refractivity contribution is 5.99. The molecule has 1 amide bonds. The number of nitrogens with two attached hydrogens (primary N) is 1. The van der Waals surface area contributed by atoms with E-state index in [9.17, 15) is 4.79 Å². The molecule has 202 valence electrons. The molecule has 4 heterocycles. The van der Waals surface area contributed by atoms with Gasteiger partial charge in [0.15, 0.2) is 17.4 Å². The summed E-state index contributed by atoms with van der Waals surface area (Å²) in [6.07, 6.45) is 6.11. The molecule has 0 radical (unpaired) electrons. The number of nitrogen functional groups attached to an aromatic ring is 1. The highest BCUT2D eigenvalue weighted by Gasteiger charge is 2.26. The summed E-state index contributed by atoms with van der Waals surface area (Å²) < 4.78 is 28.5. The quantitative estimate of drug-likeness (QED) is 0.266. The van der Waals surface area contributed by atoms with E-state index >= 15 is 4.39 Å². The Morgan fingerprint density at radius 1 is 1.18 bits per heavy atom. The number of hydrogen-bond acceptors (Lipinski definition) is 9. The number of nitrogens with zero attached hydrogens (tertiary/aromatic N) is 6. The first-order valence-corrected chi connectivity index (χ1v) is 12.2. The van der Waals surface area contributed by atoms with Crippen molar-refractivity contribution in [3.8, 4) is 34.6 Å². The molecule has 0 spiro atoms. The average molecular weight is 541 g/mol. The Labute approximate surface area is 228 Å². The number of amides is 1. The number of methoxy groups -OCH3 is 1. The van der Waals surface area contributed by atoms with Crippen LogP contribution in [0.15, 0.2) is 61.7 Å². The molecular formula is C28H25FN8O3. The van der Waals surface area contributed by atoms with Crippen molar-refractivity contribution < 1.29 is 18.7 Å². The van der Waals surface area contributed by atoms with E-state index in [0.717, 1.165) is 11.6 Å². The molecule has 4 aromatic heterocycles. The van der Waals surface area contributed by atoms with E-state index in [4.69, 9.17) is 15.2 Å². The summed E-state index contributed by atoms with van der Waals surface area (Å²) in [4.78, 5) is 33.3. The minimum atomic E-state index is -0.647. The monoisotopic (exact) mass is 540 g/mol. The second kappa shape index (κ2) is 10.8. The lowest BCUT2D eigenvalue weighted by molar-refractivity contribution is -0.111. The van der Waals surface area contributed by atoms with E-state index < -0.39 is 11.7 Å². The summed E-state index contributed by atoms with van der Waals surface area (Å²) in [6, 6.07) is 7.85. The van der Waals surface area contributed by atoms with Crippen LogP contribution in [0.2, 0.25) is 0 Å². The van der Waals surface area contributed by atoms with Gasteiger partial charge in [-0.25, -0.2) is 29.3 Å². The van der Waals surface area contributed by atoms with E-state index in [-0.39, 0.29) is 17.6 Å². The van der Waals surface area contributed by atoms with E-state index in [1.54, 1.807) is 29.7 Å². The van der Waals surface area contributed by atoms with Crippen molar-refractivity contribution in [2.75, 3.05) is 18.2 Å². The molecular weight excluding hydrogens is 515 g/mol. The van der Waals surface area contributed by atoms with Crippen molar-refractivity contribution in [1.29, 1.82) is 0 Å². The van der Waals surface area contributed by atoms with Gasteiger partial charge in [0.1, 0.15) is 23.3 Å². The molecule has 0 bridgehead atoms. The van der Waals surface area contributed by atoms with Crippen LogP contribution in [0.25, 0.3) is 28.1 Å². The fourth-order valence-electron chi connectivity index (χ4n) is 4.36. The Kier molecular flexibility index (Phi) is 7.06.